The minimum Gasteiger partial charge on any atom is -0.489 e. The molecule has 1 N–H and O–H groups in total. The van der Waals surface area contributed by atoms with Gasteiger partial charge in [0.15, 0.2) is 6.61 Å². The van der Waals surface area contributed by atoms with Gasteiger partial charge in [0.2, 0.25) is 11.7 Å². The van der Waals surface area contributed by atoms with Gasteiger partial charge in [0.1, 0.15) is 12.4 Å². The van der Waals surface area contributed by atoms with Gasteiger partial charge in [-0.1, -0.05) is 24.3 Å². The normalized spacial score (nSPS) is 13.1. The summed E-state index contributed by atoms with van der Waals surface area (Å²) in [6, 6.07) is 17.8. The summed E-state index contributed by atoms with van der Waals surface area (Å²) in [6.07, 6.45) is 2.71. The average molecular weight is 434 g/mol. The fourth-order valence-electron chi connectivity index (χ4n) is 3.37. The Hall–Kier alpha value is -4.07. The Morgan fingerprint density at radius 2 is 1.91 bits per heavy atom. The first kappa shape index (κ1) is 21.2. The van der Waals surface area contributed by atoms with Crippen LogP contribution >= 0.6 is 0 Å². The van der Waals surface area contributed by atoms with Crippen LogP contribution in [-0.4, -0.2) is 30.9 Å². The molecule has 0 radical (unpaired) electrons. The van der Waals surface area contributed by atoms with Gasteiger partial charge < -0.3 is 24.1 Å². The topological polar surface area (TPSA) is 98.1 Å². The van der Waals surface area contributed by atoms with Crippen LogP contribution in [0.25, 0.3) is 0 Å². The van der Waals surface area contributed by atoms with E-state index in [0.29, 0.717) is 30.0 Å². The number of hydrogen-bond acceptors (Lipinski definition) is 6. The van der Waals surface area contributed by atoms with Crippen molar-refractivity contribution in [3.8, 4) is 5.75 Å². The van der Waals surface area contributed by atoms with Crippen molar-refractivity contribution in [2.24, 2.45) is 0 Å². The highest BCUT2D eigenvalue weighted by atomic mass is 16.5. The molecule has 2 heterocycles. The molecule has 0 bridgehead atoms. The van der Waals surface area contributed by atoms with Crippen LogP contribution in [0.4, 0.5) is 11.4 Å². The Kier molecular flexibility index (Phi) is 6.50. The zero-order valence-corrected chi connectivity index (χ0v) is 17.3. The van der Waals surface area contributed by atoms with E-state index in [4.69, 9.17) is 13.9 Å². The molecule has 0 saturated carbocycles. The quantitative estimate of drug-likeness (QED) is 0.542. The lowest BCUT2D eigenvalue weighted by Crippen LogP contribution is -2.24. The van der Waals surface area contributed by atoms with Crippen LogP contribution < -0.4 is 15.0 Å². The van der Waals surface area contributed by atoms with Crippen molar-refractivity contribution in [3.05, 3.63) is 78.3 Å². The first-order valence-electron chi connectivity index (χ1n) is 10.2. The first-order chi connectivity index (χ1) is 15.6. The summed E-state index contributed by atoms with van der Waals surface area (Å²) >= 11 is 0. The number of carbonyl (C=O) groups is 3. The maximum Gasteiger partial charge on any atom is 0.375 e. The highest BCUT2D eigenvalue weighted by Crippen LogP contribution is 2.24. The Morgan fingerprint density at radius 1 is 1.06 bits per heavy atom. The fraction of sp³-hybridized carbons (Fsp3) is 0.208. The Morgan fingerprint density at radius 3 is 2.69 bits per heavy atom. The van der Waals surface area contributed by atoms with Gasteiger partial charge in [-0.3, -0.25) is 9.59 Å². The molecule has 164 valence electrons. The molecular weight excluding hydrogens is 412 g/mol. The van der Waals surface area contributed by atoms with E-state index >= 15 is 0 Å². The number of ether oxygens (including phenoxy) is 2. The fourth-order valence-corrected chi connectivity index (χ4v) is 3.37. The van der Waals surface area contributed by atoms with E-state index in [1.807, 2.05) is 24.3 Å². The van der Waals surface area contributed by atoms with Crippen LogP contribution in [0.5, 0.6) is 5.75 Å². The number of carbonyl (C=O) groups excluding carboxylic acids is 3. The second-order valence-corrected chi connectivity index (χ2v) is 7.20. The summed E-state index contributed by atoms with van der Waals surface area (Å²) in [4.78, 5) is 38.2. The number of benzene rings is 2. The van der Waals surface area contributed by atoms with Crippen LogP contribution in [0.3, 0.4) is 0 Å². The molecule has 1 saturated heterocycles. The number of nitrogens with zero attached hydrogens (tertiary/aromatic N) is 1. The molecule has 3 aromatic rings. The lowest BCUT2D eigenvalue weighted by atomic mass is 10.2. The largest absolute Gasteiger partial charge is 0.489 e. The summed E-state index contributed by atoms with van der Waals surface area (Å²) in [6.45, 7) is 0.303. The molecule has 0 spiro atoms. The Labute approximate surface area is 184 Å². The van der Waals surface area contributed by atoms with E-state index in [9.17, 15) is 14.4 Å². The summed E-state index contributed by atoms with van der Waals surface area (Å²) in [5.41, 5.74) is 1.75. The first-order valence-corrected chi connectivity index (χ1v) is 10.2. The SMILES string of the molecule is O=C(COC(=O)c1occc1COc1ccccc1)Nc1cccc(N2CCCC2=O)c1. The number of furan rings is 1. The van der Waals surface area contributed by atoms with Gasteiger partial charge >= 0.3 is 5.97 Å². The molecule has 8 nitrogen and oxygen atoms in total. The zero-order chi connectivity index (χ0) is 22.3. The monoisotopic (exact) mass is 434 g/mol. The number of hydrogen-bond donors (Lipinski definition) is 1. The van der Waals surface area contributed by atoms with Crippen LogP contribution in [0, 0.1) is 0 Å². The molecule has 1 aliphatic heterocycles. The Bertz CT molecular complexity index is 1110. The van der Waals surface area contributed by atoms with Crippen LogP contribution in [0.1, 0.15) is 29.0 Å². The van der Waals surface area contributed by atoms with Crippen molar-refractivity contribution in [3.63, 3.8) is 0 Å². The van der Waals surface area contributed by atoms with Crippen molar-refractivity contribution < 1.29 is 28.3 Å². The molecule has 0 atom stereocenters. The highest BCUT2D eigenvalue weighted by Gasteiger charge is 2.22. The van der Waals surface area contributed by atoms with E-state index < -0.39 is 18.5 Å². The van der Waals surface area contributed by atoms with Gasteiger partial charge in [0.05, 0.1) is 6.26 Å². The van der Waals surface area contributed by atoms with Crippen LogP contribution in [-0.2, 0) is 20.9 Å². The van der Waals surface area contributed by atoms with E-state index in [1.54, 1.807) is 41.3 Å². The predicted molar refractivity (Wildman–Crippen MR) is 116 cm³/mol. The molecule has 2 aromatic carbocycles. The van der Waals surface area contributed by atoms with Crippen molar-refractivity contribution >= 4 is 29.2 Å². The van der Waals surface area contributed by atoms with Crippen molar-refractivity contribution in [1.82, 2.24) is 0 Å². The molecule has 1 fully saturated rings. The molecular formula is C24H22N2O6. The third-order valence-corrected chi connectivity index (χ3v) is 4.92. The second-order valence-electron chi connectivity index (χ2n) is 7.20. The van der Waals surface area contributed by atoms with Gasteiger partial charge in [-0.2, -0.15) is 0 Å². The van der Waals surface area contributed by atoms with Gasteiger partial charge in [-0.15, -0.1) is 0 Å². The number of rotatable bonds is 8. The number of para-hydroxylation sites is 1. The number of nitrogens with one attached hydrogen (secondary N) is 1. The number of esters is 1. The maximum absolute atomic E-state index is 12.4. The van der Waals surface area contributed by atoms with Crippen molar-refractivity contribution in [2.45, 2.75) is 19.4 Å². The van der Waals surface area contributed by atoms with Gasteiger partial charge in [-0.05, 0) is 42.8 Å². The minimum atomic E-state index is -0.756. The third kappa shape index (κ3) is 5.15. The summed E-state index contributed by atoms with van der Waals surface area (Å²) in [5.74, 6) is -0.549. The molecule has 4 rings (SSSR count). The highest BCUT2D eigenvalue weighted by molar-refractivity contribution is 5.98. The van der Waals surface area contributed by atoms with E-state index in [2.05, 4.69) is 5.32 Å². The van der Waals surface area contributed by atoms with E-state index in [1.165, 1.54) is 6.26 Å². The lowest BCUT2D eigenvalue weighted by molar-refractivity contribution is -0.119. The summed E-state index contributed by atoms with van der Waals surface area (Å²) in [7, 11) is 0. The molecule has 2 amide bonds. The second kappa shape index (κ2) is 9.82. The molecule has 0 aliphatic carbocycles. The van der Waals surface area contributed by atoms with E-state index in [0.717, 1.165) is 12.1 Å². The predicted octanol–water partition coefficient (Wildman–Crippen LogP) is 3.78. The average Bonchev–Trinajstić information content (AvgIpc) is 3.46. The maximum atomic E-state index is 12.4. The molecule has 1 aromatic heterocycles. The lowest BCUT2D eigenvalue weighted by Gasteiger charge is -2.16. The molecule has 8 heteroatoms. The minimum absolute atomic E-state index is 0.0109. The van der Waals surface area contributed by atoms with Gasteiger partial charge in [-0.25, -0.2) is 4.79 Å². The van der Waals surface area contributed by atoms with Crippen molar-refractivity contribution in [2.75, 3.05) is 23.4 Å². The molecule has 32 heavy (non-hydrogen) atoms. The smallest absolute Gasteiger partial charge is 0.375 e. The number of anilines is 2. The van der Waals surface area contributed by atoms with Crippen LogP contribution in [0.15, 0.2) is 71.3 Å². The summed E-state index contributed by atoms with van der Waals surface area (Å²) < 4.78 is 16.0. The zero-order valence-electron chi connectivity index (χ0n) is 17.3. The number of amides is 2. The van der Waals surface area contributed by atoms with Gasteiger partial charge in [0.25, 0.3) is 5.91 Å². The Balaban J connectivity index is 1.30. The van der Waals surface area contributed by atoms with Crippen molar-refractivity contribution in [1.29, 1.82) is 0 Å². The van der Waals surface area contributed by atoms with Gasteiger partial charge in [0, 0.05) is 29.9 Å². The van der Waals surface area contributed by atoms with E-state index in [-0.39, 0.29) is 18.3 Å². The summed E-state index contributed by atoms with van der Waals surface area (Å²) in [5, 5.41) is 2.67. The molecule has 0 unspecified atom stereocenters. The van der Waals surface area contributed by atoms with Crippen LogP contribution in [0.2, 0.25) is 0 Å². The third-order valence-electron chi connectivity index (χ3n) is 4.92. The standard InChI is InChI=1S/C24H22N2O6/c27-21(25-18-6-4-7-19(14-18)26-12-5-10-22(26)28)16-32-24(29)23-17(11-13-30-23)15-31-20-8-2-1-3-9-20/h1-4,6-9,11,13-14H,5,10,12,15-16H2,(H,25,27). The molecule has 1 aliphatic rings.